The van der Waals surface area contributed by atoms with Crippen LogP contribution in [0.4, 0.5) is 10.1 Å². The molecule has 1 aromatic carbocycles. The number of esters is 1. The Morgan fingerprint density at radius 2 is 2.26 bits per heavy atom. The molecule has 5 heteroatoms. The highest BCUT2D eigenvalue weighted by Crippen LogP contribution is 2.32. The van der Waals surface area contributed by atoms with Crippen LogP contribution in [0.5, 0.6) is 0 Å². The maximum Gasteiger partial charge on any atom is 0.332 e. The zero-order valence-corrected chi connectivity index (χ0v) is 12.0. The largest absolute Gasteiger partial charge is 0.467 e. The van der Waals surface area contributed by atoms with Gasteiger partial charge >= 0.3 is 5.97 Å². The molecule has 1 aromatic rings. The third-order valence-corrected chi connectivity index (χ3v) is 4.52. The first-order chi connectivity index (χ1) is 9.05. The van der Waals surface area contributed by atoms with E-state index in [9.17, 15) is 9.18 Å². The molecular weight excluding hydrogens is 265 g/mol. The maximum absolute atomic E-state index is 13.4. The Kier molecular flexibility index (Phi) is 4.34. The van der Waals surface area contributed by atoms with Gasteiger partial charge in [-0.2, -0.15) is 11.8 Å². The Balaban J connectivity index is 2.27. The number of benzene rings is 1. The third kappa shape index (κ3) is 3.21. The fourth-order valence-corrected chi connectivity index (χ4v) is 3.56. The van der Waals surface area contributed by atoms with Gasteiger partial charge in [0.25, 0.3) is 0 Å². The Morgan fingerprint density at radius 1 is 1.47 bits per heavy atom. The van der Waals surface area contributed by atoms with E-state index in [-0.39, 0.29) is 11.8 Å². The molecule has 3 nitrogen and oxygen atoms in total. The number of hydrogen-bond donors (Lipinski definition) is 1. The Hall–Kier alpha value is -1.23. The van der Waals surface area contributed by atoms with Crippen molar-refractivity contribution in [2.45, 2.75) is 25.3 Å². The molecular formula is C14H18FNO2S. The highest BCUT2D eigenvalue weighted by molar-refractivity contribution is 7.99. The van der Waals surface area contributed by atoms with Crippen LogP contribution in [-0.4, -0.2) is 30.1 Å². The number of methoxy groups -OCH3 is 1. The zero-order chi connectivity index (χ0) is 13.9. The van der Waals surface area contributed by atoms with Crippen LogP contribution >= 0.6 is 11.8 Å². The second-order valence-corrected chi connectivity index (χ2v) is 5.98. The molecule has 0 aromatic heterocycles. The minimum absolute atomic E-state index is 0.276. The number of anilines is 1. The molecule has 0 amide bonds. The fraction of sp³-hybridized carbons (Fsp3) is 0.500. The van der Waals surface area contributed by atoms with Gasteiger partial charge in [-0.15, -0.1) is 0 Å². The van der Waals surface area contributed by atoms with Gasteiger partial charge in [0.05, 0.1) is 7.11 Å². The van der Waals surface area contributed by atoms with Crippen molar-refractivity contribution in [1.29, 1.82) is 0 Å². The molecule has 1 aliphatic rings. The smallest absolute Gasteiger partial charge is 0.332 e. The summed E-state index contributed by atoms with van der Waals surface area (Å²) in [7, 11) is 1.39. The van der Waals surface area contributed by atoms with E-state index < -0.39 is 5.54 Å². The standard InChI is InChI=1S/C14H18FNO2S/c1-10-6-11(15)8-12(7-10)16-14(13(17)18-2)4-3-5-19-9-14/h6-8,16H,3-5,9H2,1-2H3. The molecule has 104 valence electrons. The lowest BCUT2D eigenvalue weighted by molar-refractivity contribution is -0.145. The highest BCUT2D eigenvalue weighted by Gasteiger charge is 2.41. The molecule has 1 heterocycles. The van der Waals surface area contributed by atoms with Gasteiger partial charge in [-0.1, -0.05) is 0 Å². The second kappa shape index (κ2) is 5.82. The number of carbonyl (C=O) groups excluding carboxylic acids is 1. The number of ether oxygens (including phenoxy) is 1. The fourth-order valence-electron chi connectivity index (χ4n) is 2.39. The summed E-state index contributed by atoms with van der Waals surface area (Å²) in [6.45, 7) is 1.83. The second-order valence-electron chi connectivity index (χ2n) is 4.87. The van der Waals surface area contributed by atoms with Crippen molar-refractivity contribution in [3.05, 3.63) is 29.6 Å². The average molecular weight is 283 g/mol. The molecule has 1 fully saturated rings. The van der Waals surface area contributed by atoms with Crippen LogP contribution < -0.4 is 5.32 Å². The molecule has 1 N–H and O–H groups in total. The van der Waals surface area contributed by atoms with E-state index in [2.05, 4.69) is 5.32 Å². The number of thioether (sulfide) groups is 1. The predicted octanol–water partition coefficient (Wildman–Crippen LogP) is 2.98. The highest BCUT2D eigenvalue weighted by atomic mass is 32.2. The van der Waals surface area contributed by atoms with Crippen molar-refractivity contribution >= 4 is 23.4 Å². The summed E-state index contributed by atoms with van der Waals surface area (Å²) >= 11 is 1.72. The van der Waals surface area contributed by atoms with Crippen LogP contribution in [0.15, 0.2) is 18.2 Å². The van der Waals surface area contributed by atoms with Crippen LogP contribution in [0.25, 0.3) is 0 Å². The number of halogens is 1. The van der Waals surface area contributed by atoms with E-state index in [0.29, 0.717) is 17.9 Å². The molecule has 0 bridgehead atoms. The number of rotatable bonds is 3. The summed E-state index contributed by atoms with van der Waals surface area (Å²) in [6.07, 6.45) is 1.66. The summed E-state index contributed by atoms with van der Waals surface area (Å²) in [5.41, 5.74) is 0.717. The van der Waals surface area contributed by atoms with Gasteiger partial charge in [0, 0.05) is 11.4 Å². The summed E-state index contributed by atoms with van der Waals surface area (Å²) in [5, 5.41) is 3.19. The molecule has 2 rings (SSSR count). The van der Waals surface area contributed by atoms with E-state index in [4.69, 9.17) is 4.74 Å². The lowest BCUT2D eigenvalue weighted by Gasteiger charge is -2.35. The molecule has 1 saturated heterocycles. The van der Waals surface area contributed by atoms with Gasteiger partial charge in [-0.3, -0.25) is 0 Å². The van der Waals surface area contributed by atoms with Crippen LogP contribution in [0, 0.1) is 12.7 Å². The van der Waals surface area contributed by atoms with Crippen LogP contribution in [0.1, 0.15) is 18.4 Å². The van der Waals surface area contributed by atoms with Crippen molar-refractivity contribution in [2.24, 2.45) is 0 Å². The number of nitrogens with one attached hydrogen (secondary N) is 1. The van der Waals surface area contributed by atoms with Crippen molar-refractivity contribution in [1.82, 2.24) is 0 Å². The van der Waals surface area contributed by atoms with Crippen molar-refractivity contribution < 1.29 is 13.9 Å². The number of hydrogen-bond acceptors (Lipinski definition) is 4. The van der Waals surface area contributed by atoms with Crippen LogP contribution in [-0.2, 0) is 9.53 Å². The van der Waals surface area contributed by atoms with Gasteiger partial charge in [-0.25, -0.2) is 9.18 Å². The Bertz CT molecular complexity index is 452. The first kappa shape index (κ1) is 14.2. The summed E-state index contributed by atoms with van der Waals surface area (Å²) in [6, 6.07) is 4.72. The van der Waals surface area contributed by atoms with Gasteiger partial charge < -0.3 is 10.1 Å². The lowest BCUT2D eigenvalue weighted by atomic mass is 9.94. The van der Waals surface area contributed by atoms with Crippen molar-refractivity contribution in [2.75, 3.05) is 23.9 Å². The van der Waals surface area contributed by atoms with Crippen molar-refractivity contribution in [3.8, 4) is 0 Å². The van der Waals surface area contributed by atoms with Gasteiger partial charge in [0.15, 0.2) is 0 Å². The average Bonchev–Trinajstić information content (AvgIpc) is 2.37. The predicted molar refractivity (Wildman–Crippen MR) is 76.1 cm³/mol. The molecule has 0 saturated carbocycles. The van der Waals surface area contributed by atoms with Gasteiger partial charge in [0.1, 0.15) is 11.4 Å². The summed E-state index contributed by atoms with van der Waals surface area (Å²) in [5.74, 6) is 1.12. The minimum Gasteiger partial charge on any atom is -0.467 e. The Labute approximate surface area is 116 Å². The third-order valence-electron chi connectivity index (χ3n) is 3.24. The van der Waals surface area contributed by atoms with Crippen LogP contribution in [0.3, 0.4) is 0 Å². The summed E-state index contributed by atoms with van der Waals surface area (Å²) in [4.78, 5) is 12.1. The normalized spacial score (nSPS) is 22.9. The topological polar surface area (TPSA) is 38.3 Å². The zero-order valence-electron chi connectivity index (χ0n) is 11.2. The SMILES string of the molecule is COC(=O)C1(Nc2cc(C)cc(F)c2)CCCSC1. The first-order valence-corrected chi connectivity index (χ1v) is 7.43. The molecule has 1 atom stereocenters. The molecule has 0 aliphatic carbocycles. The molecule has 0 radical (unpaired) electrons. The molecule has 0 spiro atoms. The minimum atomic E-state index is -0.738. The van der Waals surface area contributed by atoms with E-state index in [0.717, 1.165) is 17.7 Å². The monoisotopic (exact) mass is 283 g/mol. The number of carbonyl (C=O) groups is 1. The van der Waals surface area contributed by atoms with Gasteiger partial charge in [0.2, 0.25) is 0 Å². The van der Waals surface area contributed by atoms with Crippen LogP contribution in [0.2, 0.25) is 0 Å². The summed E-state index contributed by atoms with van der Waals surface area (Å²) < 4.78 is 18.3. The van der Waals surface area contributed by atoms with Crippen molar-refractivity contribution in [3.63, 3.8) is 0 Å². The number of aryl methyl sites for hydroxylation is 1. The molecule has 1 aliphatic heterocycles. The van der Waals surface area contributed by atoms with E-state index in [1.165, 1.54) is 19.2 Å². The van der Waals surface area contributed by atoms with Gasteiger partial charge in [-0.05, 0) is 49.3 Å². The van der Waals surface area contributed by atoms with E-state index in [1.807, 2.05) is 13.0 Å². The molecule has 19 heavy (non-hydrogen) atoms. The quantitative estimate of drug-likeness (QED) is 0.866. The lowest BCUT2D eigenvalue weighted by Crippen LogP contribution is -2.51. The first-order valence-electron chi connectivity index (χ1n) is 6.27. The maximum atomic E-state index is 13.4. The van der Waals surface area contributed by atoms with E-state index >= 15 is 0 Å². The molecule has 1 unspecified atom stereocenters. The Morgan fingerprint density at radius 3 is 2.84 bits per heavy atom. The van der Waals surface area contributed by atoms with E-state index in [1.54, 1.807) is 11.8 Å².